The molecule has 6 nitrogen and oxygen atoms in total. The number of anilines is 1. The van der Waals surface area contributed by atoms with Gasteiger partial charge in [-0.05, 0) is 37.5 Å². The molecule has 0 atom stereocenters. The molecule has 2 aliphatic rings. The highest BCUT2D eigenvalue weighted by Gasteiger charge is 2.25. The van der Waals surface area contributed by atoms with E-state index < -0.39 is 0 Å². The summed E-state index contributed by atoms with van der Waals surface area (Å²) in [5.74, 6) is 1.03. The molecule has 0 aromatic carbocycles. The van der Waals surface area contributed by atoms with Crippen LogP contribution in [0, 0.1) is 6.92 Å². The summed E-state index contributed by atoms with van der Waals surface area (Å²) in [4.78, 5) is 18.5. The van der Waals surface area contributed by atoms with Crippen LogP contribution in [0.3, 0.4) is 0 Å². The highest BCUT2D eigenvalue weighted by Crippen LogP contribution is 2.36. The fourth-order valence-corrected chi connectivity index (χ4v) is 4.85. The summed E-state index contributed by atoms with van der Waals surface area (Å²) >= 11 is 1.73. The van der Waals surface area contributed by atoms with Gasteiger partial charge in [0.15, 0.2) is 0 Å². The van der Waals surface area contributed by atoms with Crippen molar-refractivity contribution in [2.75, 3.05) is 11.4 Å². The van der Waals surface area contributed by atoms with E-state index in [1.54, 1.807) is 17.7 Å². The molecule has 0 N–H and O–H groups in total. The topological polar surface area (TPSA) is 59.7 Å². The minimum absolute atomic E-state index is 0.601. The molecule has 6 rings (SSSR count). The van der Waals surface area contributed by atoms with Crippen molar-refractivity contribution in [3.63, 3.8) is 0 Å². The quantitative estimate of drug-likeness (QED) is 0.527. The summed E-state index contributed by atoms with van der Waals surface area (Å²) in [7, 11) is 0. The molecular formula is C21H20N6S. The summed E-state index contributed by atoms with van der Waals surface area (Å²) in [6, 6.07) is 5.08. The maximum atomic E-state index is 4.77. The van der Waals surface area contributed by atoms with Crippen LogP contribution >= 0.6 is 11.3 Å². The Hall–Kier alpha value is -2.80. The Morgan fingerprint density at radius 1 is 1.07 bits per heavy atom. The molecule has 0 spiro atoms. The number of rotatable bonds is 3. The molecule has 0 amide bonds. The maximum Gasteiger partial charge on any atom is 0.141 e. The summed E-state index contributed by atoms with van der Waals surface area (Å²) in [6.07, 6.45) is 11.2. The van der Waals surface area contributed by atoms with E-state index in [4.69, 9.17) is 4.98 Å². The summed E-state index contributed by atoms with van der Waals surface area (Å²) in [5, 5.41) is 5.68. The largest absolute Gasteiger partial charge is 0.351 e. The highest BCUT2D eigenvalue weighted by atomic mass is 32.1. The third kappa shape index (κ3) is 2.69. The molecule has 1 fully saturated rings. The second-order valence-electron chi connectivity index (χ2n) is 7.71. The Morgan fingerprint density at radius 3 is 2.89 bits per heavy atom. The number of aryl methyl sites for hydroxylation is 1. The van der Waals surface area contributed by atoms with Crippen molar-refractivity contribution in [3.8, 4) is 11.1 Å². The molecule has 4 aromatic heterocycles. The van der Waals surface area contributed by atoms with E-state index in [1.165, 1.54) is 29.0 Å². The summed E-state index contributed by atoms with van der Waals surface area (Å²) in [6.45, 7) is 3.88. The lowest BCUT2D eigenvalue weighted by Crippen LogP contribution is -2.31. The van der Waals surface area contributed by atoms with E-state index >= 15 is 0 Å². The zero-order valence-electron chi connectivity index (χ0n) is 15.7. The lowest BCUT2D eigenvalue weighted by Gasteiger charge is -2.29. The van der Waals surface area contributed by atoms with Crippen LogP contribution in [-0.4, -0.2) is 31.3 Å². The molecule has 4 aromatic rings. The number of aromatic nitrogens is 5. The van der Waals surface area contributed by atoms with Crippen LogP contribution < -0.4 is 4.90 Å². The van der Waals surface area contributed by atoms with Gasteiger partial charge in [-0.25, -0.2) is 9.97 Å². The first-order valence-corrected chi connectivity index (χ1v) is 10.5. The average molecular weight is 389 g/mol. The smallest absolute Gasteiger partial charge is 0.141 e. The van der Waals surface area contributed by atoms with Gasteiger partial charge >= 0.3 is 0 Å². The van der Waals surface area contributed by atoms with Crippen molar-refractivity contribution < 1.29 is 0 Å². The molecule has 1 saturated carbocycles. The van der Waals surface area contributed by atoms with Crippen molar-refractivity contribution in [3.05, 3.63) is 53.2 Å². The number of hydrogen-bond acceptors (Lipinski definition) is 6. The fourth-order valence-electron chi connectivity index (χ4n) is 4.01. The molecule has 1 aliphatic carbocycles. The van der Waals surface area contributed by atoms with Crippen molar-refractivity contribution in [2.45, 2.75) is 38.8 Å². The van der Waals surface area contributed by atoms with Gasteiger partial charge in [0.2, 0.25) is 0 Å². The Morgan fingerprint density at radius 2 is 2.00 bits per heavy atom. The van der Waals surface area contributed by atoms with E-state index in [0.29, 0.717) is 6.04 Å². The first-order chi connectivity index (χ1) is 13.7. The second kappa shape index (κ2) is 6.10. The van der Waals surface area contributed by atoms with Gasteiger partial charge in [-0.3, -0.25) is 9.67 Å². The average Bonchev–Trinajstić information content (AvgIpc) is 3.31. The van der Waals surface area contributed by atoms with E-state index in [0.717, 1.165) is 46.7 Å². The zero-order valence-corrected chi connectivity index (χ0v) is 16.5. The van der Waals surface area contributed by atoms with Crippen LogP contribution in [0.5, 0.6) is 0 Å². The SMILES string of the molecule is Cc1cc2c(N3CCc4ncc(-c5cnn(C6CC6)c5)cc4C3)ncnc2s1. The molecule has 0 radical (unpaired) electrons. The Labute approximate surface area is 166 Å². The zero-order chi connectivity index (χ0) is 18.7. The van der Waals surface area contributed by atoms with Crippen LogP contribution in [0.2, 0.25) is 0 Å². The normalized spacial score (nSPS) is 16.5. The van der Waals surface area contributed by atoms with Gasteiger partial charge in [-0.2, -0.15) is 5.10 Å². The third-order valence-corrected chi connectivity index (χ3v) is 6.59. The first-order valence-electron chi connectivity index (χ1n) is 9.73. The van der Waals surface area contributed by atoms with Gasteiger partial charge in [0.25, 0.3) is 0 Å². The minimum atomic E-state index is 0.601. The van der Waals surface area contributed by atoms with Gasteiger partial charge in [-0.15, -0.1) is 11.3 Å². The lowest BCUT2D eigenvalue weighted by molar-refractivity contribution is 0.642. The second-order valence-corrected chi connectivity index (χ2v) is 8.95. The third-order valence-electron chi connectivity index (χ3n) is 5.63. The molecule has 140 valence electrons. The Kier molecular flexibility index (Phi) is 3.53. The minimum Gasteiger partial charge on any atom is -0.351 e. The number of nitrogens with zero attached hydrogens (tertiary/aromatic N) is 6. The first kappa shape index (κ1) is 16.2. The van der Waals surface area contributed by atoms with Crippen LogP contribution in [-0.2, 0) is 13.0 Å². The van der Waals surface area contributed by atoms with Crippen molar-refractivity contribution in [1.29, 1.82) is 0 Å². The van der Waals surface area contributed by atoms with Crippen molar-refractivity contribution in [1.82, 2.24) is 24.7 Å². The van der Waals surface area contributed by atoms with Crippen molar-refractivity contribution in [2.24, 2.45) is 0 Å². The van der Waals surface area contributed by atoms with Gasteiger partial charge < -0.3 is 4.90 Å². The van der Waals surface area contributed by atoms with E-state index in [2.05, 4.69) is 49.9 Å². The molecule has 28 heavy (non-hydrogen) atoms. The molecule has 7 heteroatoms. The van der Waals surface area contributed by atoms with Crippen LogP contribution in [0.15, 0.2) is 37.1 Å². The number of hydrogen-bond donors (Lipinski definition) is 0. The molecule has 1 aliphatic heterocycles. The van der Waals surface area contributed by atoms with Gasteiger partial charge in [0.05, 0.1) is 17.6 Å². The summed E-state index contributed by atoms with van der Waals surface area (Å²) in [5.41, 5.74) is 4.77. The van der Waals surface area contributed by atoms with Gasteiger partial charge in [0.1, 0.15) is 17.0 Å². The summed E-state index contributed by atoms with van der Waals surface area (Å²) < 4.78 is 2.09. The number of thiophene rings is 1. The van der Waals surface area contributed by atoms with Crippen LogP contribution in [0.1, 0.15) is 35.0 Å². The predicted octanol–water partition coefficient (Wildman–Crippen LogP) is 4.16. The van der Waals surface area contributed by atoms with E-state index in [1.807, 2.05) is 12.4 Å². The number of pyridine rings is 1. The fraction of sp³-hybridized carbons (Fsp3) is 0.333. The standard InChI is InChI=1S/C21H20N6S/c1-13-6-18-20(23-12-24-21(18)28-13)26-5-4-19-15(10-26)7-14(8-22-19)16-9-25-27(11-16)17-2-3-17/h6-9,11-12,17H,2-5,10H2,1H3. The van der Waals surface area contributed by atoms with Gasteiger partial charge in [-0.1, -0.05) is 0 Å². The lowest BCUT2D eigenvalue weighted by atomic mass is 10.0. The van der Waals surface area contributed by atoms with E-state index in [9.17, 15) is 0 Å². The molecular weight excluding hydrogens is 368 g/mol. The Balaban J connectivity index is 1.34. The molecule has 0 saturated heterocycles. The Bertz CT molecular complexity index is 1190. The molecule has 5 heterocycles. The highest BCUT2D eigenvalue weighted by molar-refractivity contribution is 7.18. The molecule has 0 unspecified atom stereocenters. The van der Waals surface area contributed by atoms with Crippen molar-refractivity contribution >= 4 is 27.4 Å². The predicted molar refractivity (Wildman–Crippen MR) is 111 cm³/mol. The van der Waals surface area contributed by atoms with E-state index in [-0.39, 0.29) is 0 Å². The monoisotopic (exact) mass is 388 g/mol. The van der Waals surface area contributed by atoms with Crippen LogP contribution in [0.4, 0.5) is 5.82 Å². The molecule has 0 bridgehead atoms. The number of fused-ring (bicyclic) bond motifs is 2. The van der Waals surface area contributed by atoms with Crippen LogP contribution in [0.25, 0.3) is 21.3 Å². The van der Waals surface area contributed by atoms with Gasteiger partial charge in [0, 0.05) is 53.6 Å². The maximum absolute atomic E-state index is 4.77.